The summed E-state index contributed by atoms with van der Waals surface area (Å²) in [6.45, 7) is 0. The Morgan fingerprint density at radius 2 is 1.54 bits per heavy atom. The molecule has 0 N–H and O–H groups in total. The molecule has 0 atom stereocenters. The predicted octanol–water partition coefficient (Wildman–Crippen LogP) is 1.36. The molecule has 134 valence electrons. The molecule has 2 aromatic rings. The first-order valence-electron chi connectivity index (χ1n) is 5.33. The van der Waals surface area contributed by atoms with Gasteiger partial charge in [0.25, 0.3) is 0 Å². The lowest BCUT2D eigenvalue weighted by Gasteiger charge is -2.10. The van der Waals surface area contributed by atoms with Crippen molar-refractivity contribution < 1.29 is 47.4 Å². The number of nitrogens with zero attached hydrogens (tertiary/aromatic N) is 3. The Kier molecular flexibility index (Phi) is 3.95. The van der Waals surface area contributed by atoms with E-state index in [1.807, 2.05) is 0 Å². The van der Waals surface area contributed by atoms with Crippen LogP contribution >= 0.6 is 0 Å². The molecular weight excluding hydrogens is 396 g/mol. The fourth-order valence-electron chi connectivity index (χ4n) is 1.43. The van der Waals surface area contributed by atoms with Crippen molar-refractivity contribution in [3.8, 4) is 5.88 Å². The van der Waals surface area contributed by atoms with E-state index in [0.29, 0.717) is 18.6 Å². The van der Waals surface area contributed by atoms with Gasteiger partial charge in [-0.05, 0) is 6.07 Å². The first-order valence-corrected chi connectivity index (χ1v) is 8.18. The van der Waals surface area contributed by atoms with Gasteiger partial charge in [0.15, 0.2) is 5.65 Å². The molecule has 24 heavy (non-hydrogen) atoms. The number of hydrogen-bond acceptors (Lipinski definition) is 7. The van der Waals surface area contributed by atoms with Crippen molar-refractivity contribution in [3.05, 3.63) is 18.6 Å². The summed E-state index contributed by atoms with van der Waals surface area (Å²) >= 11 is 0. The maximum atomic E-state index is 12.5. The molecule has 16 heteroatoms. The van der Waals surface area contributed by atoms with Crippen LogP contribution in [0.2, 0.25) is 0 Å². The Hall–Kier alpha value is -2.10. The Morgan fingerprint density at radius 3 is 2.04 bits per heavy atom. The molecular formula is C8H3F6N3O5S2. The molecule has 2 rings (SSSR count). The topological polar surface area (TPSA) is 108 Å². The van der Waals surface area contributed by atoms with E-state index >= 15 is 0 Å². The fourth-order valence-corrected chi connectivity index (χ4v) is 2.68. The zero-order valence-corrected chi connectivity index (χ0v) is 12.3. The van der Waals surface area contributed by atoms with Crippen LogP contribution in [0.3, 0.4) is 0 Å². The second-order valence-electron chi connectivity index (χ2n) is 3.96. The summed E-state index contributed by atoms with van der Waals surface area (Å²) in [4.78, 5) is 6.25. The quantitative estimate of drug-likeness (QED) is 0.436. The van der Waals surface area contributed by atoms with Gasteiger partial charge in [-0.3, -0.25) is 0 Å². The molecule has 0 saturated carbocycles. The van der Waals surface area contributed by atoms with Crippen LogP contribution in [0.5, 0.6) is 5.88 Å². The van der Waals surface area contributed by atoms with Crippen LogP contribution in [-0.4, -0.2) is 41.8 Å². The zero-order valence-electron chi connectivity index (χ0n) is 10.7. The molecule has 0 fully saturated rings. The molecule has 0 saturated heterocycles. The average molecular weight is 399 g/mol. The van der Waals surface area contributed by atoms with Crippen LogP contribution in [0.1, 0.15) is 0 Å². The summed E-state index contributed by atoms with van der Waals surface area (Å²) in [7, 11) is -12.1. The van der Waals surface area contributed by atoms with Crippen molar-refractivity contribution in [3.63, 3.8) is 0 Å². The van der Waals surface area contributed by atoms with E-state index in [0.717, 1.165) is 0 Å². The van der Waals surface area contributed by atoms with Gasteiger partial charge in [-0.25, -0.2) is 13.9 Å². The maximum absolute atomic E-state index is 12.5. The van der Waals surface area contributed by atoms with E-state index in [1.165, 1.54) is 0 Å². The number of halogens is 6. The first kappa shape index (κ1) is 18.2. The lowest BCUT2D eigenvalue weighted by atomic mass is 10.4. The smallest absolute Gasteiger partial charge is 0.354 e. The Bertz CT molecular complexity index is 991. The van der Waals surface area contributed by atoms with Crippen molar-refractivity contribution >= 4 is 31.2 Å². The zero-order chi connectivity index (χ0) is 18.6. The van der Waals surface area contributed by atoms with Crippen molar-refractivity contribution in [2.45, 2.75) is 11.0 Å². The molecule has 8 nitrogen and oxygen atoms in total. The van der Waals surface area contributed by atoms with E-state index in [2.05, 4.69) is 14.2 Å². The van der Waals surface area contributed by atoms with Gasteiger partial charge >= 0.3 is 31.2 Å². The van der Waals surface area contributed by atoms with Crippen LogP contribution in [0.15, 0.2) is 18.6 Å². The summed E-state index contributed by atoms with van der Waals surface area (Å²) < 4.78 is 122. The van der Waals surface area contributed by atoms with Crippen LogP contribution in [-0.2, 0) is 20.1 Å². The van der Waals surface area contributed by atoms with Gasteiger partial charge < -0.3 is 4.18 Å². The first-order chi connectivity index (χ1) is 10.7. The largest absolute Gasteiger partial charge is 0.534 e. The van der Waals surface area contributed by atoms with Gasteiger partial charge in [0.05, 0.1) is 5.39 Å². The van der Waals surface area contributed by atoms with Crippen LogP contribution in [0.4, 0.5) is 26.3 Å². The number of hydrogen-bond donors (Lipinski definition) is 0. The van der Waals surface area contributed by atoms with Crippen molar-refractivity contribution in [2.75, 3.05) is 0 Å². The second kappa shape index (κ2) is 5.20. The van der Waals surface area contributed by atoms with E-state index in [1.54, 1.807) is 0 Å². The van der Waals surface area contributed by atoms with E-state index in [-0.39, 0.29) is 0 Å². The Balaban J connectivity index is 2.64. The lowest BCUT2D eigenvalue weighted by Crippen LogP contribution is -2.29. The predicted molar refractivity (Wildman–Crippen MR) is 63.5 cm³/mol. The summed E-state index contributed by atoms with van der Waals surface area (Å²) in [5, 5.41) is -0.793. The van der Waals surface area contributed by atoms with E-state index in [4.69, 9.17) is 0 Å². The van der Waals surface area contributed by atoms with Crippen LogP contribution in [0.25, 0.3) is 11.0 Å². The van der Waals surface area contributed by atoms with Gasteiger partial charge in [0, 0.05) is 6.20 Å². The molecule has 0 unspecified atom stereocenters. The minimum atomic E-state index is -6.17. The SMILES string of the molecule is O=S(=O)(Oc1ncnc2c1ccn2S(=O)(=O)C(F)(F)F)C(F)(F)F. The summed E-state index contributed by atoms with van der Waals surface area (Å²) in [6, 6.07) is 0.555. The molecule has 0 aliphatic heterocycles. The van der Waals surface area contributed by atoms with Gasteiger partial charge in [-0.1, -0.05) is 0 Å². The van der Waals surface area contributed by atoms with Crippen molar-refractivity contribution in [1.29, 1.82) is 0 Å². The highest BCUT2D eigenvalue weighted by Crippen LogP contribution is 2.32. The highest BCUT2D eigenvalue weighted by atomic mass is 32.2. The third-order valence-electron chi connectivity index (χ3n) is 2.44. The summed E-state index contributed by atoms with van der Waals surface area (Å²) in [5.74, 6) is -1.28. The molecule has 2 heterocycles. The van der Waals surface area contributed by atoms with Crippen LogP contribution in [0, 0.1) is 0 Å². The van der Waals surface area contributed by atoms with Gasteiger partial charge in [0.1, 0.15) is 6.33 Å². The van der Waals surface area contributed by atoms with E-state index in [9.17, 15) is 43.2 Å². The highest BCUT2D eigenvalue weighted by Gasteiger charge is 2.50. The normalized spacial score (nSPS) is 14.1. The molecule has 0 aliphatic carbocycles. The number of alkyl halides is 6. The molecule has 0 amide bonds. The number of rotatable bonds is 3. The summed E-state index contributed by atoms with van der Waals surface area (Å²) in [5.41, 5.74) is -12.6. The number of aromatic nitrogens is 3. The van der Waals surface area contributed by atoms with Gasteiger partial charge in [-0.15, -0.1) is 0 Å². The Morgan fingerprint density at radius 1 is 0.958 bits per heavy atom. The van der Waals surface area contributed by atoms with Gasteiger partial charge in [0.2, 0.25) is 5.88 Å². The van der Waals surface area contributed by atoms with Crippen LogP contribution < -0.4 is 4.18 Å². The standard InChI is InChI=1S/C8H3F6N3O5S2/c9-7(10,11)23(18,19)17-2-1-4-5(17)15-3-16-6(4)22-24(20,21)8(12,13)14/h1-3H. The van der Waals surface area contributed by atoms with Crippen molar-refractivity contribution in [2.24, 2.45) is 0 Å². The fraction of sp³-hybridized carbons (Fsp3) is 0.250. The average Bonchev–Trinajstić information content (AvgIpc) is 2.81. The van der Waals surface area contributed by atoms with Crippen molar-refractivity contribution in [1.82, 2.24) is 13.9 Å². The summed E-state index contributed by atoms with van der Waals surface area (Å²) in [6.07, 6.45) is 0.654. The molecule has 0 aromatic carbocycles. The second-order valence-corrected chi connectivity index (χ2v) is 7.31. The monoisotopic (exact) mass is 399 g/mol. The minimum Gasteiger partial charge on any atom is -0.354 e. The molecule has 0 bridgehead atoms. The third kappa shape index (κ3) is 2.85. The third-order valence-corrected chi connectivity index (χ3v) is 4.78. The number of fused-ring (bicyclic) bond motifs is 1. The minimum absolute atomic E-state index is 0.315. The highest BCUT2D eigenvalue weighted by molar-refractivity contribution is 7.91. The van der Waals surface area contributed by atoms with Gasteiger partial charge in [-0.2, -0.15) is 43.2 Å². The maximum Gasteiger partial charge on any atom is 0.534 e. The lowest BCUT2D eigenvalue weighted by molar-refractivity contribution is -0.0501. The molecule has 2 aromatic heterocycles. The molecule has 0 aliphatic rings. The van der Waals surface area contributed by atoms with E-state index < -0.39 is 52.0 Å². The molecule has 0 spiro atoms. The molecule has 0 radical (unpaired) electrons. The Labute approximate surface area is 128 Å².